The number of aromatic nitrogens is 1. The Morgan fingerprint density at radius 3 is 2.86 bits per heavy atom. The number of carbonyl (C=O) groups excluding carboxylic acids is 1. The minimum atomic E-state index is -1.07. The summed E-state index contributed by atoms with van der Waals surface area (Å²) in [5, 5.41) is 8.88. The van der Waals surface area contributed by atoms with Crippen LogP contribution in [-0.2, 0) is 10.5 Å². The van der Waals surface area contributed by atoms with E-state index in [4.69, 9.17) is 9.52 Å². The molecule has 0 aliphatic heterocycles. The van der Waals surface area contributed by atoms with Crippen molar-refractivity contribution in [3.8, 4) is 0 Å². The number of rotatable bonds is 5. The Kier molecular flexibility index (Phi) is 4.64. The van der Waals surface area contributed by atoms with E-state index in [1.807, 2.05) is 0 Å². The molecule has 0 radical (unpaired) electrons. The highest BCUT2D eigenvalue weighted by Gasteiger charge is 2.15. The molecule has 21 heavy (non-hydrogen) atoms. The standard InChI is InChI=1S/C14H13NO5S/c1-8-11(14(18)19-2)5-9(20-8)7-21-10-3-4-15-12(6-10)13(16)17/h3-6H,7H2,1-2H3,(H,16,17). The fraction of sp³-hybridized carbons (Fsp3) is 0.214. The Morgan fingerprint density at radius 2 is 2.19 bits per heavy atom. The number of hydrogen-bond donors (Lipinski definition) is 1. The highest BCUT2D eigenvalue weighted by atomic mass is 32.2. The molecule has 2 aromatic heterocycles. The maximum Gasteiger partial charge on any atom is 0.354 e. The maximum atomic E-state index is 11.5. The zero-order chi connectivity index (χ0) is 15.4. The minimum Gasteiger partial charge on any atom is -0.477 e. The molecule has 2 aromatic rings. The van der Waals surface area contributed by atoms with Crippen LogP contribution < -0.4 is 0 Å². The molecule has 0 unspecified atom stereocenters. The van der Waals surface area contributed by atoms with E-state index in [-0.39, 0.29) is 5.69 Å². The molecule has 0 saturated carbocycles. The lowest BCUT2D eigenvalue weighted by Crippen LogP contribution is -2.00. The van der Waals surface area contributed by atoms with Crippen molar-refractivity contribution in [2.75, 3.05) is 7.11 Å². The number of carbonyl (C=O) groups is 2. The highest BCUT2D eigenvalue weighted by molar-refractivity contribution is 7.98. The molecule has 0 bridgehead atoms. The fourth-order valence-corrected chi connectivity index (χ4v) is 2.50. The molecule has 2 rings (SSSR count). The fourth-order valence-electron chi connectivity index (χ4n) is 1.70. The van der Waals surface area contributed by atoms with Crippen molar-refractivity contribution in [1.29, 1.82) is 0 Å². The van der Waals surface area contributed by atoms with Crippen LogP contribution in [0.25, 0.3) is 0 Å². The molecule has 0 aromatic carbocycles. The van der Waals surface area contributed by atoms with Gasteiger partial charge < -0.3 is 14.3 Å². The molecule has 2 heterocycles. The first kappa shape index (κ1) is 15.1. The van der Waals surface area contributed by atoms with Gasteiger partial charge in [0, 0.05) is 11.1 Å². The summed E-state index contributed by atoms with van der Waals surface area (Å²) in [5.41, 5.74) is 0.389. The zero-order valence-corrected chi connectivity index (χ0v) is 12.3. The van der Waals surface area contributed by atoms with E-state index < -0.39 is 11.9 Å². The van der Waals surface area contributed by atoms with Gasteiger partial charge in [0.25, 0.3) is 0 Å². The van der Waals surface area contributed by atoms with Gasteiger partial charge in [0.2, 0.25) is 0 Å². The van der Waals surface area contributed by atoms with Crippen LogP contribution in [0, 0.1) is 6.92 Å². The molecule has 0 aliphatic rings. The van der Waals surface area contributed by atoms with Crippen molar-refractivity contribution in [3.63, 3.8) is 0 Å². The maximum absolute atomic E-state index is 11.5. The number of hydrogen-bond acceptors (Lipinski definition) is 6. The second kappa shape index (κ2) is 6.45. The lowest BCUT2D eigenvalue weighted by Gasteiger charge is -2.00. The van der Waals surface area contributed by atoms with Crippen LogP contribution in [-0.4, -0.2) is 29.1 Å². The summed E-state index contributed by atoms with van der Waals surface area (Å²) in [5.74, 6) is 0.0785. The molecule has 0 aliphatic carbocycles. The van der Waals surface area contributed by atoms with E-state index in [9.17, 15) is 9.59 Å². The van der Waals surface area contributed by atoms with Gasteiger partial charge in [0.1, 0.15) is 22.8 Å². The van der Waals surface area contributed by atoms with Crippen molar-refractivity contribution in [3.05, 3.63) is 47.2 Å². The first-order valence-electron chi connectivity index (χ1n) is 6.01. The first-order chi connectivity index (χ1) is 10.0. The van der Waals surface area contributed by atoms with E-state index in [0.717, 1.165) is 4.90 Å². The third kappa shape index (κ3) is 3.63. The lowest BCUT2D eigenvalue weighted by atomic mass is 10.2. The Morgan fingerprint density at radius 1 is 1.43 bits per heavy atom. The number of thioether (sulfide) groups is 1. The molecule has 0 saturated heterocycles. The number of furan rings is 1. The molecule has 0 fully saturated rings. The Hall–Kier alpha value is -2.28. The summed E-state index contributed by atoms with van der Waals surface area (Å²) in [6, 6.07) is 4.84. The first-order valence-corrected chi connectivity index (χ1v) is 6.99. The normalized spacial score (nSPS) is 10.4. The van der Waals surface area contributed by atoms with Gasteiger partial charge >= 0.3 is 11.9 Å². The average molecular weight is 307 g/mol. The second-order valence-electron chi connectivity index (χ2n) is 4.14. The topological polar surface area (TPSA) is 89.6 Å². The van der Waals surface area contributed by atoms with Crippen LogP contribution in [0.15, 0.2) is 33.7 Å². The van der Waals surface area contributed by atoms with E-state index in [0.29, 0.717) is 22.8 Å². The summed E-state index contributed by atoms with van der Waals surface area (Å²) in [6.45, 7) is 1.69. The van der Waals surface area contributed by atoms with Gasteiger partial charge in [0.05, 0.1) is 12.9 Å². The Bertz CT molecular complexity index is 680. The number of pyridine rings is 1. The number of aromatic carboxylic acids is 1. The predicted molar refractivity (Wildman–Crippen MR) is 75.5 cm³/mol. The largest absolute Gasteiger partial charge is 0.477 e. The van der Waals surface area contributed by atoms with E-state index in [1.165, 1.54) is 31.1 Å². The van der Waals surface area contributed by atoms with Gasteiger partial charge in [-0.1, -0.05) is 0 Å². The summed E-state index contributed by atoms with van der Waals surface area (Å²) >= 11 is 1.40. The van der Waals surface area contributed by atoms with Crippen molar-refractivity contribution >= 4 is 23.7 Å². The highest BCUT2D eigenvalue weighted by Crippen LogP contribution is 2.25. The van der Waals surface area contributed by atoms with Crippen LogP contribution in [0.2, 0.25) is 0 Å². The third-order valence-corrected chi connectivity index (χ3v) is 3.72. The molecule has 0 spiro atoms. The van der Waals surface area contributed by atoms with Crippen molar-refractivity contribution in [1.82, 2.24) is 4.98 Å². The zero-order valence-electron chi connectivity index (χ0n) is 11.5. The second-order valence-corrected chi connectivity index (χ2v) is 5.19. The molecule has 110 valence electrons. The Labute approximate surface area is 125 Å². The number of carboxylic acid groups (broad SMARTS) is 1. The molecular formula is C14H13NO5S. The van der Waals surface area contributed by atoms with Gasteiger partial charge in [-0.2, -0.15) is 0 Å². The molecule has 6 nitrogen and oxygen atoms in total. The summed E-state index contributed by atoms with van der Waals surface area (Å²) in [7, 11) is 1.31. The van der Waals surface area contributed by atoms with E-state index >= 15 is 0 Å². The quantitative estimate of drug-likeness (QED) is 0.671. The SMILES string of the molecule is COC(=O)c1cc(CSc2ccnc(C(=O)O)c2)oc1C. The van der Waals surface area contributed by atoms with Crippen LogP contribution in [0.5, 0.6) is 0 Å². The van der Waals surface area contributed by atoms with Crippen molar-refractivity contribution in [2.24, 2.45) is 0 Å². The smallest absolute Gasteiger partial charge is 0.354 e. The predicted octanol–water partition coefficient (Wildman–Crippen LogP) is 2.76. The molecule has 0 atom stereocenters. The number of aryl methyl sites for hydroxylation is 1. The minimum absolute atomic E-state index is 0.00845. The summed E-state index contributed by atoms with van der Waals surface area (Å²) < 4.78 is 10.1. The summed E-state index contributed by atoms with van der Waals surface area (Å²) in [4.78, 5) is 26.8. The van der Waals surface area contributed by atoms with Gasteiger partial charge in [0.15, 0.2) is 0 Å². The molecular weight excluding hydrogens is 294 g/mol. The van der Waals surface area contributed by atoms with E-state index in [2.05, 4.69) is 9.72 Å². The van der Waals surface area contributed by atoms with Crippen molar-refractivity contribution in [2.45, 2.75) is 17.6 Å². The van der Waals surface area contributed by atoms with Crippen molar-refractivity contribution < 1.29 is 23.8 Å². The monoisotopic (exact) mass is 307 g/mol. The van der Waals surface area contributed by atoms with Crippen LogP contribution in [0.4, 0.5) is 0 Å². The van der Waals surface area contributed by atoms with Crippen LogP contribution in [0.1, 0.15) is 32.4 Å². The number of methoxy groups -OCH3 is 1. The van der Waals surface area contributed by atoms with Crippen LogP contribution in [0.3, 0.4) is 0 Å². The molecule has 0 amide bonds. The number of esters is 1. The van der Waals surface area contributed by atoms with Gasteiger partial charge in [-0.05, 0) is 25.1 Å². The number of nitrogens with zero attached hydrogens (tertiary/aromatic N) is 1. The molecule has 7 heteroatoms. The van der Waals surface area contributed by atoms with E-state index in [1.54, 1.807) is 19.1 Å². The van der Waals surface area contributed by atoms with Gasteiger partial charge in [-0.3, -0.25) is 0 Å². The van der Waals surface area contributed by atoms with Gasteiger partial charge in [-0.25, -0.2) is 14.6 Å². The average Bonchev–Trinajstić information content (AvgIpc) is 2.85. The lowest BCUT2D eigenvalue weighted by molar-refractivity contribution is 0.0597. The Balaban J connectivity index is 2.08. The van der Waals surface area contributed by atoms with Gasteiger partial charge in [-0.15, -0.1) is 11.8 Å². The molecule has 1 N–H and O–H groups in total. The third-order valence-electron chi connectivity index (χ3n) is 2.71. The number of carboxylic acids is 1. The summed E-state index contributed by atoms with van der Waals surface area (Å²) in [6.07, 6.45) is 1.44. The van der Waals surface area contributed by atoms with Crippen LogP contribution >= 0.6 is 11.8 Å². The number of ether oxygens (including phenoxy) is 1.